The number of carboxylic acid groups (broad SMARTS) is 1. The fraction of sp³-hybridized carbons (Fsp3) is 0.429. The third-order valence-corrected chi connectivity index (χ3v) is 3.55. The van der Waals surface area contributed by atoms with Gasteiger partial charge in [-0.05, 0) is 31.2 Å². The minimum Gasteiger partial charge on any atom is -0.494 e. The number of esters is 1. The zero-order chi connectivity index (χ0) is 15.0. The molecule has 20 heavy (non-hydrogen) atoms. The fourth-order valence-electron chi connectivity index (χ4n) is 1.32. The molecule has 0 spiro atoms. The zero-order valence-corrected chi connectivity index (χ0v) is 12.3. The predicted octanol–water partition coefficient (Wildman–Crippen LogP) is 2.44. The van der Waals surface area contributed by atoms with Gasteiger partial charge < -0.3 is 14.6 Å². The Morgan fingerprint density at radius 1 is 1.25 bits per heavy atom. The summed E-state index contributed by atoms with van der Waals surface area (Å²) in [5.74, 6) is -0.0480. The van der Waals surface area contributed by atoms with Crippen molar-refractivity contribution in [2.45, 2.75) is 13.8 Å². The average Bonchev–Trinajstić information content (AvgIpc) is 2.41. The lowest BCUT2D eigenvalue weighted by atomic mass is 10.2. The van der Waals surface area contributed by atoms with Crippen molar-refractivity contribution in [2.75, 3.05) is 18.1 Å². The van der Waals surface area contributed by atoms with Gasteiger partial charge in [0.2, 0.25) is 0 Å². The van der Waals surface area contributed by atoms with Gasteiger partial charge in [-0.25, -0.2) is 0 Å². The van der Waals surface area contributed by atoms with Crippen molar-refractivity contribution in [1.29, 1.82) is 0 Å². The van der Waals surface area contributed by atoms with E-state index in [1.165, 1.54) is 11.8 Å². The summed E-state index contributed by atoms with van der Waals surface area (Å²) in [7, 11) is 0. The minimum atomic E-state index is -0.864. The molecule has 1 rings (SSSR count). The van der Waals surface area contributed by atoms with Gasteiger partial charge in [-0.2, -0.15) is 0 Å². The van der Waals surface area contributed by atoms with Crippen molar-refractivity contribution in [3.8, 4) is 11.5 Å². The van der Waals surface area contributed by atoms with Crippen LogP contribution in [0.3, 0.4) is 0 Å². The monoisotopic (exact) mass is 298 g/mol. The van der Waals surface area contributed by atoms with Crippen LogP contribution in [0.15, 0.2) is 24.3 Å². The molecule has 1 aromatic carbocycles. The molecule has 6 heteroatoms. The van der Waals surface area contributed by atoms with Crippen molar-refractivity contribution in [2.24, 2.45) is 5.92 Å². The van der Waals surface area contributed by atoms with E-state index in [-0.39, 0.29) is 5.75 Å². The first kappa shape index (κ1) is 16.4. The van der Waals surface area contributed by atoms with E-state index in [2.05, 4.69) is 0 Å². The largest absolute Gasteiger partial charge is 0.494 e. The molecule has 0 fully saturated rings. The highest BCUT2D eigenvalue weighted by Gasteiger charge is 2.12. The molecule has 0 bridgehead atoms. The normalized spacial score (nSPS) is 11.7. The van der Waals surface area contributed by atoms with Gasteiger partial charge in [0, 0.05) is 5.75 Å². The Morgan fingerprint density at radius 2 is 1.85 bits per heavy atom. The third kappa shape index (κ3) is 5.97. The van der Waals surface area contributed by atoms with Gasteiger partial charge in [0.05, 0.1) is 18.3 Å². The third-order valence-electron chi connectivity index (χ3n) is 2.38. The Kier molecular flexibility index (Phi) is 6.93. The molecule has 0 saturated heterocycles. The number of hydrogen-bond donors (Lipinski definition) is 1. The number of carbonyl (C=O) groups is 2. The van der Waals surface area contributed by atoms with Crippen LogP contribution in [0.4, 0.5) is 0 Å². The first-order valence-corrected chi connectivity index (χ1v) is 7.42. The highest BCUT2D eigenvalue weighted by Crippen LogP contribution is 2.18. The topological polar surface area (TPSA) is 72.8 Å². The summed E-state index contributed by atoms with van der Waals surface area (Å²) in [5, 5.41) is 8.71. The molecule has 110 valence electrons. The molecule has 1 aromatic rings. The van der Waals surface area contributed by atoms with Crippen molar-refractivity contribution >= 4 is 23.7 Å². The number of hydrogen-bond acceptors (Lipinski definition) is 5. The molecule has 0 aliphatic carbocycles. The van der Waals surface area contributed by atoms with Gasteiger partial charge in [0.15, 0.2) is 0 Å². The predicted molar refractivity (Wildman–Crippen MR) is 77.4 cm³/mol. The summed E-state index contributed by atoms with van der Waals surface area (Å²) in [5.41, 5.74) is 0. The molecule has 0 amide bonds. The van der Waals surface area contributed by atoms with Crippen LogP contribution in [0, 0.1) is 5.92 Å². The highest BCUT2D eigenvalue weighted by atomic mass is 32.2. The summed E-state index contributed by atoms with van der Waals surface area (Å²) >= 11 is 1.25. The van der Waals surface area contributed by atoms with Gasteiger partial charge in [-0.15, -0.1) is 11.8 Å². The van der Waals surface area contributed by atoms with Gasteiger partial charge in [0.1, 0.15) is 11.5 Å². The van der Waals surface area contributed by atoms with Gasteiger partial charge >= 0.3 is 11.9 Å². The maximum absolute atomic E-state index is 11.6. The first-order chi connectivity index (χ1) is 9.52. The van der Waals surface area contributed by atoms with E-state index in [1.807, 2.05) is 6.92 Å². The second-order valence-electron chi connectivity index (χ2n) is 4.13. The summed E-state index contributed by atoms with van der Waals surface area (Å²) < 4.78 is 10.4. The number of carboxylic acids is 1. The van der Waals surface area contributed by atoms with Crippen molar-refractivity contribution in [3.05, 3.63) is 24.3 Å². The van der Waals surface area contributed by atoms with Crippen LogP contribution in [-0.2, 0) is 9.59 Å². The lowest BCUT2D eigenvalue weighted by molar-refractivity contribution is -0.140. The molecule has 1 atom stereocenters. The number of ether oxygens (including phenoxy) is 2. The molecule has 0 heterocycles. The van der Waals surface area contributed by atoms with E-state index in [0.29, 0.717) is 18.1 Å². The van der Waals surface area contributed by atoms with Crippen LogP contribution in [-0.4, -0.2) is 35.2 Å². The zero-order valence-electron chi connectivity index (χ0n) is 11.5. The van der Waals surface area contributed by atoms with Crippen molar-refractivity contribution in [3.63, 3.8) is 0 Å². The lowest BCUT2D eigenvalue weighted by Crippen LogP contribution is -2.15. The van der Waals surface area contributed by atoms with E-state index in [1.54, 1.807) is 31.2 Å². The van der Waals surface area contributed by atoms with E-state index in [9.17, 15) is 9.59 Å². The number of carbonyl (C=O) groups excluding carboxylic acids is 1. The smallest absolute Gasteiger partial charge is 0.321 e. The number of rotatable bonds is 8. The Balaban J connectivity index is 2.33. The molecule has 1 unspecified atom stereocenters. The minimum absolute atomic E-state index is 0.130. The molecule has 0 aliphatic rings. The first-order valence-electron chi connectivity index (χ1n) is 6.27. The maximum atomic E-state index is 11.6. The SMILES string of the molecule is CCOc1ccc(OC(=O)CSCC(C)C(=O)O)cc1. The summed E-state index contributed by atoms with van der Waals surface area (Å²) in [6, 6.07) is 6.78. The number of aliphatic carboxylic acids is 1. The molecular formula is C14H18O5S. The Hall–Kier alpha value is -1.69. The second kappa shape index (κ2) is 8.47. The molecular weight excluding hydrogens is 280 g/mol. The van der Waals surface area contributed by atoms with E-state index in [4.69, 9.17) is 14.6 Å². The number of thioether (sulfide) groups is 1. The van der Waals surface area contributed by atoms with Gasteiger partial charge in [-0.1, -0.05) is 6.92 Å². The lowest BCUT2D eigenvalue weighted by Gasteiger charge is -2.07. The standard InChI is InChI=1S/C14H18O5S/c1-3-18-11-4-6-12(7-5-11)19-13(15)9-20-8-10(2)14(16)17/h4-7,10H,3,8-9H2,1-2H3,(H,16,17). The van der Waals surface area contributed by atoms with Crippen molar-refractivity contribution < 1.29 is 24.2 Å². The van der Waals surface area contributed by atoms with E-state index in [0.717, 1.165) is 5.75 Å². The Bertz CT molecular complexity index is 443. The highest BCUT2D eigenvalue weighted by molar-refractivity contribution is 7.99. The van der Waals surface area contributed by atoms with E-state index < -0.39 is 17.9 Å². The van der Waals surface area contributed by atoms with Crippen LogP contribution in [0.1, 0.15) is 13.8 Å². The molecule has 0 aliphatic heterocycles. The van der Waals surface area contributed by atoms with Gasteiger partial charge in [0.25, 0.3) is 0 Å². The molecule has 0 saturated carbocycles. The summed E-state index contributed by atoms with van der Waals surface area (Å²) in [6.07, 6.45) is 0. The Morgan fingerprint density at radius 3 is 2.40 bits per heavy atom. The van der Waals surface area contributed by atoms with Crippen LogP contribution in [0.5, 0.6) is 11.5 Å². The average molecular weight is 298 g/mol. The Labute approximate surface area is 122 Å². The van der Waals surface area contributed by atoms with Gasteiger partial charge in [-0.3, -0.25) is 9.59 Å². The van der Waals surface area contributed by atoms with Crippen LogP contribution >= 0.6 is 11.8 Å². The summed E-state index contributed by atoms with van der Waals surface area (Å²) in [6.45, 7) is 4.08. The van der Waals surface area contributed by atoms with E-state index >= 15 is 0 Å². The molecule has 0 aromatic heterocycles. The van der Waals surface area contributed by atoms with Crippen LogP contribution in [0.2, 0.25) is 0 Å². The second-order valence-corrected chi connectivity index (χ2v) is 5.16. The molecule has 5 nitrogen and oxygen atoms in total. The van der Waals surface area contributed by atoms with Crippen LogP contribution in [0.25, 0.3) is 0 Å². The number of benzene rings is 1. The quantitative estimate of drug-likeness (QED) is 0.587. The molecule has 0 radical (unpaired) electrons. The van der Waals surface area contributed by atoms with Crippen LogP contribution < -0.4 is 9.47 Å². The maximum Gasteiger partial charge on any atom is 0.321 e. The van der Waals surface area contributed by atoms with Crippen molar-refractivity contribution in [1.82, 2.24) is 0 Å². The summed E-state index contributed by atoms with van der Waals surface area (Å²) in [4.78, 5) is 22.2. The fourth-order valence-corrected chi connectivity index (χ4v) is 2.16. The molecule has 1 N–H and O–H groups in total.